The Hall–Kier alpha value is -2.46. The highest BCUT2D eigenvalue weighted by Crippen LogP contribution is 2.30. The molecular weight excluding hydrogens is 387 g/mol. The molecule has 0 spiro atoms. The molecule has 10 nitrogen and oxygen atoms in total. The molecule has 0 bridgehead atoms. The Kier molecular flexibility index (Phi) is 6.32. The first-order valence-electron chi connectivity index (χ1n) is 7.51. The fourth-order valence-electron chi connectivity index (χ4n) is 2.01. The lowest BCUT2D eigenvalue weighted by Crippen LogP contribution is -2.30. The Morgan fingerprint density at radius 2 is 1.15 bits per heavy atom. The fraction of sp³-hybridized carbons (Fsp3) is 0.429. The number of carbonyl (C=O) groups excluding carboxylic acids is 2. The van der Waals surface area contributed by atoms with E-state index in [9.17, 15) is 9.59 Å². The van der Waals surface area contributed by atoms with Gasteiger partial charge in [0.15, 0.2) is 11.6 Å². The maximum absolute atomic E-state index is 12.0. The van der Waals surface area contributed by atoms with Crippen molar-refractivity contribution in [3.05, 3.63) is 10.6 Å². The van der Waals surface area contributed by atoms with Gasteiger partial charge in [0, 0.05) is 14.1 Å². The van der Waals surface area contributed by atoms with Crippen molar-refractivity contribution >= 4 is 58.1 Å². The SMILES string of the molecule is CCOC(=O)N(C)c1nc(Cl)nc2c(N(C)C(=O)OCC)nc(Cl)nc12. The molecule has 12 heteroatoms. The summed E-state index contributed by atoms with van der Waals surface area (Å²) >= 11 is 12.0. The van der Waals surface area contributed by atoms with Crippen molar-refractivity contribution in [1.29, 1.82) is 0 Å². The van der Waals surface area contributed by atoms with Gasteiger partial charge in [0.05, 0.1) is 13.2 Å². The van der Waals surface area contributed by atoms with Gasteiger partial charge in [0.25, 0.3) is 0 Å². The van der Waals surface area contributed by atoms with Crippen LogP contribution in [-0.4, -0.2) is 59.4 Å². The van der Waals surface area contributed by atoms with Crippen LogP contribution in [0.4, 0.5) is 21.2 Å². The number of fused-ring (bicyclic) bond motifs is 1. The summed E-state index contributed by atoms with van der Waals surface area (Å²) in [6.45, 7) is 3.68. The van der Waals surface area contributed by atoms with E-state index in [1.165, 1.54) is 14.1 Å². The van der Waals surface area contributed by atoms with Crippen LogP contribution in [0.3, 0.4) is 0 Å². The smallest absolute Gasteiger partial charge is 0.415 e. The van der Waals surface area contributed by atoms with Crippen molar-refractivity contribution in [3.8, 4) is 0 Å². The number of amides is 2. The van der Waals surface area contributed by atoms with E-state index in [-0.39, 0.29) is 46.5 Å². The zero-order valence-electron chi connectivity index (χ0n) is 14.5. The maximum Gasteiger partial charge on any atom is 0.415 e. The molecule has 0 saturated carbocycles. The van der Waals surface area contributed by atoms with Crippen LogP contribution >= 0.6 is 23.2 Å². The minimum absolute atomic E-state index is 0.0567. The molecule has 0 aliphatic heterocycles. The number of ether oxygens (including phenoxy) is 2. The molecule has 0 aromatic carbocycles. The summed E-state index contributed by atoms with van der Waals surface area (Å²) < 4.78 is 9.90. The zero-order valence-corrected chi connectivity index (χ0v) is 16.0. The van der Waals surface area contributed by atoms with E-state index in [0.29, 0.717) is 0 Å². The molecule has 0 unspecified atom stereocenters. The summed E-state index contributed by atoms with van der Waals surface area (Å²) in [5.74, 6) is 0.113. The molecule has 2 aromatic heterocycles. The van der Waals surface area contributed by atoms with E-state index in [2.05, 4.69) is 19.9 Å². The average molecular weight is 403 g/mol. The van der Waals surface area contributed by atoms with Gasteiger partial charge in [0.1, 0.15) is 11.0 Å². The lowest BCUT2D eigenvalue weighted by atomic mass is 10.3. The zero-order chi connectivity index (χ0) is 19.4. The third-order valence-corrected chi connectivity index (χ3v) is 3.51. The molecule has 2 amide bonds. The standard InChI is InChI=1S/C14H16Cl2N6O4/c1-5-25-13(23)21(3)9-7-8(18-11(15)19-9)10(20-12(16)17-7)22(4)14(24)26-6-2/h5-6H2,1-4H3. The Labute approximate surface area is 159 Å². The molecule has 140 valence electrons. The Morgan fingerprint density at radius 3 is 1.46 bits per heavy atom. The van der Waals surface area contributed by atoms with Crippen LogP contribution in [0.1, 0.15) is 13.8 Å². The second kappa shape index (κ2) is 8.28. The minimum atomic E-state index is -0.668. The number of aromatic nitrogens is 4. The van der Waals surface area contributed by atoms with E-state index in [1.807, 2.05) is 0 Å². The topological polar surface area (TPSA) is 111 Å². The molecule has 0 radical (unpaired) electrons. The normalized spacial score (nSPS) is 10.5. The van der Waals surface area contributed by atoms with Crippen molar-refractivity contribution in [2.24, 2.45) is 0 Å². The number of carbonyl (C=O) groups is 2. The molecule has 0 N–H and O–H groups in total. The molecular formula is C14H16Cl2N6O4. The first-order chi connectivity index (χ1) is 12.3. The highest BCUT2D eigenvalue weighted by molar-refractivity contribution is 6.30. The van der Waals surface area contributed by atoms with E-state index < -0.39 is 12.2 Å². The van der Waals surface area contributed by atoms with E-state index in [4.69, 9.17) is 32.7 Å². The summed E-state index contributed by atoms with van der Waals surface area (Å²) in [6.07, 6.45) is -1.34. The van der Waals surface area contributed by atoms with Crippen LogP contribution in [0.25, 0.3) is 11.0 Å². The van der Waals surface area contributed by atoms with Gasteiger partial charge < -0.3 is 9.47 Å². The van der Waals surface area contributed by atoms with Gasteiger partial charge in [-0.05, 0) is 37.0 Å². The fourth-order valence-corrected chi connectivity index (χ4v) is 2.34. The second-order valence-electron chi connectivity index (χ2n) is 4.85. The highest BCUT2D eigenvalue weighted by atomic mass is 35.5. The maximum atomic E-state index is 12.0. The van der Waals surface area contributed by atoms with Gasteiger partial charge in [-0.25, -0.2) is 19.6 Å². The van der Waals surface area contributed by atoms with Crippen LogP contribution in [0.5, 0.6) is 0 Å². The summed E-state index contributed by atoms with van der Waals surface area (Å²) in [7, 11) is 2.86. The predicted octanol–water partition coefficient (Wildman–Crippen LogP) is 2.91. The molecule has 0 atom stereocenters. The van der Waals surface area contributed by atoms with Gasteiger partial charge in [-0.3, -0.25) is 9.80 Å². The number of hydrogen-bond donors (Lipinski definition) is 0. The van der Waals surface area contributed by atoms with Gasteiger partial charge in [-0.2, -0.15) is 9.97 Å². The van der Waals surface area contributed by atoms with Crippen LogP contribution < -0.4 is 9.80 Å². The molecule has 26 heavy (non-hydrogen) atoms. The van der Waals surface area contributed by atoms with Crippen LogP contribution in [-0.2, 0) is 9.47 Å². The van der Waals surface area contributed by atoms with Crippen molar-refractivity contribution < 1.29 is 19.1 Å². The largest absolute Gasteiger partial charge is 0.449 e. The third kappa shape index (κ3) is 4.02. The first-order valence-corrected chi connectivity index (χ1v) is 8.27. The summed E-state index contributed by atoms with van der Waals surface area (Å²) in [4.78, 5) is 42.5. The first kappa shape index (κ1) is 19.9. The summed E-state index contributed by atoms with van der Waals surface area (Å²) in [5.41, 5.74) is 0.243. The van der Waals surface area contributed by atoms with Crippen LogP contribution in [0, 0.1) is 0 Å². The molecule has 0 saturated heterocycles. The van der Waals surface area contributed by atoms with E-state index >= 15 is 0 Å². The Bertz CT molecular complexity index is 781. The predicted molar refractivity (Wildman–Crippen MR) is 96.0 cm³/mol. The van der Waals surface area contributed by atoms with Crippen molar-refractivity contribution in [2.75, 3.05) is 37.1 Å². The monoisotopic (exact) mass is 402 g/mol. The van der Waals surface area contributed by atoms with E-state index in [1.54, 1.807) is 13.8 Å². The quantitative estimate of drug-likeness (QED) is 0.717. The Morgan fingerprint density at radius 1 is 0.808 bits per heavy atom. The Balaban J connectivity index is 2.67. The molecule has 0 aliphatic carbocycles. The van der Waals surface area contributed by atoms with Gasteiger partial charge in [0.2, 0.25) is 10.6 Å². The number of halogens is 2. The molecule has 0 fully saturated rings. The van der Waals surface area contributed by atoms with Crippen LogP contribution in [0.15, 0.2) is 0 Å². The average Bonchev–Trinajstić information content (AvgIpc) is 2.60. The summed E-state index contributed by atoms with van der Waals surface area (Å²) in [6, 6.07) is 0. The molecule has 2 rings (SSSR count). The minimum Gasteiger partial charge on any atom is -0.449 e. The van der Waals surface area contributed by atoms with Gasteiger partial charge >= 0.3 is 12.2 Å². The lowest BCUT2D eigenvalue weighted by molar-refractivity contribution is 0.160. The van der Waals surface area contributed by atoms with Crippen LogP contribution in [0.2, 0.25) is 10.6 Å². The number of nitrogens with zero attached hydrogens (tertiary/aromatic N) is 6. The highest BCUT2D eigenvalue weighted by Gasteiger charge is 2.25. The number of hydrogen-bond acceptors (Lipinski definition) is 8. The van der Waals surface area contributed by atoms with Crippen molar-refractivity contribution in [1.82, 2.24) is 19.9 Å². The van der Waals surface area contributed by atoms with E-state index in [0.717, 1.165) is 9.80 Å². The molecule has 2 aromatic rings. The van der Waals surface area contributed by atoms with Gasteiger partial charge in [-0.1, -0.05) is 0 Å². The molecule has 0 aliphatic rings. The second-order valence-corrected chi connectivity index (χ2v) is 5.52. The summed E-state index contributed by atoms with van der Waals surface area (Å²) in [5, 5.41) is -0.346. The molecule has 2 heterocycles. The third-order valence-electron chi connectivity index (χ3n) is 3.17. The van der Waals surface area contributed by atoms with Gasteiger partial charge in [-0.15, -0.1) is 0 Å². The number of rotatable bonds is 4. The van der Waals surface area contributed by atoms with Crippen molar-refractivity contribution in [2.45, 2.75) is 13.8 Å². The van der Waals surface area contributed by atoms with Crippen molar-refractivity contribution in [3.63, 3.8) is 0 Å². The lowest BCUT2D eigenvalue weighted by Gasteiger charge is -2.20. The number of anilines is 2.